The molecule has 21 heavy (non-hydrogen) atoms. The summed E-state index contributed by atoms with van der Waals surface area (Å²) in [6.07, 6.45) is 0. The van der Waals surface area contributed by atoms with Gasteiger partial charge in [-0.05, 0) is 23.8 Å². The van der Waals surface area contributed by atoms with Gasteiger partial charge in [-0.1, -0.05) is 69.5 Å². The van der Waals surface area contributed by atoms with E-state index >= 15 is 0 Å². The van der Waals surface area contributed by atoms with Gasteiger partial charge in [-0.3, -0.25) is 4.79 Å². The van der Waals surface area contributed by atoms with E-state index in [4.69, 9.17) is 23.2 Å². The quantitative estimate of drug-likeness (QED) is 0.660. The Bertz CT molecular complexity index is 619. The lowest BCUT2D eigenvalue weighted by atomic mass is 10.1. The Morgan fingerprint density at radius 1 is 1.05 bits per heavy atom. The van der Waals surface area contributed by atoms with Gasteiger partial charge >= 0.3 is 0 Å². The zero-order valence-electron chi connectivity index (χ0n) is 11.2. The summed E-state index contributed by atoms with van der Waals surface area (Å²) in [5.41, 5.74) is 1.63. The van der Waals surface area contributed by atoms with Crippen LogP contribution in [-0.2, 0) is 6.54 Å². The molecule has 0 aliphatic carbocycles. The zero-order chi connectivity index (χ0) is 15.2. The van der Waals surface area contributed by atoms with Gasteiger partial charge in [0.15, 0.2) is 0 Å². The third-order valence-electron chi connectivity index (χ3n) is 3.02. The lowest BCUT2D eigenvalue weighted by Gasteiger charge is -2.22. The maximum Gasteiger partial charge on any atom is 0.254 e. The van der Waals surface area contributed by atoms with Crippen LogP contribution in [0.1, 0.15) is 15.9 Å². The predicted molar refractivity (Wildman–Crippen MR) is 91.4 cm³/mol. The Balaban J connectivity index is 2.20. The highest BCUT2D eigenvalue weighted by Gasteiger charge is 2.16. The second kappa shape index (κ2) is 7.83. The van der Waals surface area contributed by atoms with Crippen LogP contribution in [0.25, 0.3) is 0 Å². The second-order valence-corrected chi connectivity index (χ2v) is 6.14. The van der Waals surface area contributed by atoms with Gasteiger partial charge in [-0.15, -0.1) is 0 Å². The Morgan fingerprint density at radius 3 is 2.38 bits per heavy atom. The number of halogens is 3. The van der Waals surface area contributed by atoms with Crippen LogP contribution in [0.3, 0.4) is 0 Å². The molecule has 0 aliphatic rings. The number of amides is 1. The number of carbonyl (C=O) groups is 1. The summed E-state index contributed by atoms with van der Waals surface area (Å²) < 4.78 is 0. The fourth-order valence-corrected chi connectivity index (χ4v) is 2.70. The Hall–Kier alpha value is -1.03. The average molecular weight is 387 g/mol. The van der Waals surface area contributed by atoms with Crippen LogP contribution < -0.4 is 0 Å². The van der Waals surface area contributed by atoms with Crippen LogP contribution >= 0.6 is 39.1 Å². The maximum atomic E-state index is 12.6. The van der Waals surface area contributed by atoms with Crippen molar-refractivity contribution in [2.45, 2.75) is 6.54 Å². The molecule has 0 atom stereocenters. The zero-order valence-corrected chi connectivity index (χ0v) is 14.3. The first-order valence-corrected chi connectivity index (χ1v) is 8.34. The summed E-state index contributed by atoms with van der Waals surface area (Å²) in [5.74, 6) is -0.0585. The maximum absolute atomic E-state index is 12.6. The van der Waals surface area contributed by atoms with E-state index in [9.17, 15) is 4.79 Å². The first-order chi connectivity index (χ1) is 10.1. The molecule has 0 N–H and O–H groups in total. The van der Waals surface area contributed by atoms with Crippen molar-refractivity contribution in [3.05, 3.63) is 69.7 Å². The minimum absolute atomic E-state index is 0.0585. The molecule has 0 spiro atoms. The van der Waals surface area contributed by atoms with Gasteiger partial charge in [0.05, 0.1) is 10.0 Å². The van der Waals surface area contributed by atoms with Crippen molar-refractivity contribution in [2.75, 3.05) is 11.9 Å². The van der Waals surface area contributed by atoms with Crippen molar-refractivity contribution in [3.63, 3.8) is 0 Å². The molecule has 0 saturated carbocycles. The lowest BCUT2D eigenvalue weighted by Crippen LogP contribution is -2.32. The highest BCUT2D eigenvalue weighted by Crippen LogP contribution is 2.23. The third kappa shape index (κ3) is 4.47. The van der Waals surface area contributed by atoms with Crippen molar-refractivity contribution in [1.82, 2.24) is 4.90 Å². The molecule has 0 aromatic heterocycles. The minimum Gasteiger partial charge on any atom is -0.333 e. The number of nitrogens with zero attached hydrogens (tertiary/aromatic N) is 1. The number of benzene rings is 2. The Kier molecular flexibility index (Phi) is 6.09. The summed E-state index contributed by atoms with van der Waals surface area (Å²) in [6, 6.07) is 14.8. The minimum atomic E-state index is -0.0585. The SMILES string of the molecule is O=C(c1ccc(Cl)c(Cl)c1)N(CCBr)Cc1ccccc1. The second-order valence-electron chi connectivity index (χ2n) is 4.53. The van der Waals surface area contributed by atoms with Crippen LogP contribution in [0.5, 0.6) is 0 Å². The van der Waals surface area contributed by atoms with Gasteiger partial charge in [0.25, 0.3) is 5.91 Å². The predicted octanol–water partition coefficient (Wildman–Crippen LogP) is 5.03. The molecule has 2 aromatic carbocycles. The van der Waals surface area contributed by atoms with Gasteiger partial charge in [0.1, 0.15) is 0 Å². The largest absolute Gasteiger partial charge is 0.333 e. The molecule has 2 nitrogen and oxygen atoms in total. The number of hydrogen-bond donors (Lipinski definition) is 0. The third-order valence-corrected chi connectivity index (χ3v) is 4.12. The van der Waals surface area contributed by atoms with Crippen LogP contribution in [0.4, 0.5) is 0 Å². The van der Waals surface area contributed by atoms with Crippen molar-refractivity contribution in [3.8, 4) is 0 Å². The Morgan fingerprint density at radius 2 is 1.76 bits per heavy atom. The fourth-order valence-electron chi connectivity index (χ4n) is 1.97. The number of alkyl halides is 1. The Labute approximate surface area is 142 Å². The van der Waals surface area contributed by atoms with Crippen LogP contribution in [0.2, 0.25) is 10.0 Å². The number of rotatable bonds is 5. The molecule has 1 amide bonds. The molecule has 0 aliphatic heterocycles. The summed E-state index contributed by atoms with van der Waals surface area (Å²) >= 11 is 15.3. The average Bonchev–Trinajstić information content (AvgIpc) is 2.50. The topological polar surface area (TPSA) is 20.3 Å². The smallest absolute Gasteiger partial charge is 0.254 e. The summed E-state index contributed by atoms with van der Waals surface area (Å²) in [5, 5.41) is 1.55. The van der Waals surface area contributed by atoms with E-state index in [0.29, 0.717) is 34.0 Å². The molecule has 0 bridgehead atoms. The summed E-state index contributed by atoms with van der Waals surface area (Å²) in [7, 11) is 0. The van der Waals surface area contributed by atoms with Crippen molar-refractivity contribution in [1.29, 1.82) is 0 Å². The normalized spacial score (nSPS) is 10.4. The van der Waals surface area contributed by atoms with Crippen LogP contribution in [0.15, 0.2) is 48.5 Å². The van der Waals surface area contributed by atoms with E-state index in [2.05, 4.69) is 15.9 Å². The van der Waals surface area contributed by atoms with Gasteiger partial charge in [0.2, 0.25) is 0 Å². The first-order valence-electron chi connectivity index (χ1n) is 6.46. The molecule has 0 unspecified atom stereocenters. The van der Waals surface area contributed by atoms with Gasteiger partial charge in [0, 0.05) is 24.0 Å². The van der Waals surface area contributed by atoms with E-state index in [1.54, 1.807) is 23.1 Å². The molecule has 110 valence electrons. The fraction of sp³-hybridized carbons (Fsp3) is 0.188. The highest BCUT2D eigenvalue weighted by molar-refractivity contribution is 9.09. The molecule has 0 fully saturated rings. The monoisotopic (exact) mass is 385 g/mol. The van der Waals surface area contributed by atoms with Gasteiger partial charge in [-0.25, -0.2) is 0 Å². The summed E-state index contributed by atoms with van der Waals surface area (Å²) in [6.45, 7) is 1.18. The van der Waals surface area contributed by atoms with E-state index < -0.39 is 0 Å². The van der Waals surface area contributed by atoms with Crippen LogP contribution in [-0.4, -0.2) is 22.7 Å². The molecule has 5 heteroatoms. The number of carbonyl (C=O) groups excluding carboxylic acids is 1. The van der Waals surface area contributed by atoms with E-state index in [1.165, 1.54) is 0 Å². The molecular weight excluding hydrogens is 373 g/mol. The van der Waals surface area contributed by atoms with E-state index in [0.717, 1.165) is 5.56 Å². The summed E-state index contributed by atoms with van der Waals surface area (Å²) in [4.78, 5) is 14.4. The standard InChI is InChI=1S/C16H14BrCl2NO/c17-8-9-20(11-12-4-2-1-3-5-12)16(21)13-6-7-14(18)15(19)10-13/h1-7,10H,8-9,11H2. The molecule has 0 saturated heterocycles. The van der Waals surface area contributed by atoms with Gasteiger partial charge < -0.3 is 4.90 Å². The van der Waals surface area contributed by atoms with Crippen molar-refractivity contribution >= 4 is 45.0 Å². The molecule has 0 radical (unpaired) electrons. The van der Waals surface area contributed by atoms with E-state index in [1.807, 2.05) is 30.3 Å². The molecular formula is C16H14BrCl2NO. The highest BCUT2D eigenvalue weighted by atomic mass is 79.9. The molecule has 2 aromatic rings. The van der Waals surface area contributed by atoms with Crippen LogP contribution in [0, 0.1) is 0 Å². The van der Waals surface area contributed by atoms with Gasteiger partial charge in [-0.2, -0.15) is 0 Å². The first kappa shape index (κ1) is 16.3. The molecule has 2 rings (SSSR count). The van der Waals surface area contributed by atoms with Crippen molar-refractivity contribution in [2.24, 2.45) is 0 Å². The van der Waals surface area contributed by atoms with Crippen molar-refractivity contribution < 1.29 is 4.79 Å². The lowest BCUT2D eigenvalue weighted by molar-refractivity contribution is 0.0754. The van der Waals surface area contributed by atoms with E-state index in [-0.39, 0.29) is 5.91 Å². The molecule has 0 heterocycles. The number of hydrogen-bond acceptors (Lipinski definition) is 1.